The Bertz CT molecular complexity index is 359. The summed E-state index contributed by atoms with van der Waals surface area (Å²) in [6.45, 7) is 0. The molecule has 84 valence electrons. The van der Waals surface area contributed by atoms with Crippen molar-refractivity contribution in [1.29, 1.82) is 0 Å². The molecule has 0 saturated carbocycles. The fourth-order valence-electron chi connectivity index (χ4n) is 1.12. The highest BCUT2D eigenvalue weighted by Crippen LogP contribution is 2.30. The minimum absolute atomic E-state index is 0.0985. The molecule has 2 atom stereocenters. The predicted octanol–water partition coefficient (Wildman–Crippen LogP) is 0.994. The van der Waals surface area contributed by atoms with Crippen LogP contribution in [0.3, 0.4) is 0 Å². The second kappa shape index (κ2) is 4.78. The molecule has 0 bridgehead atoms. The van der Waals surface area contributed by atoms with Gasteiger partial charge in [0.25, 0.3) is 0 Å². The van der Waals surface area contributed by atoms with E-state index in [-0.39, 0.29) is 5.75 Å². The molecule has 0 aromatic heterocycles. The molecule has 2 unspecified atom stereocenters. The van der Waals surface area contributed by atoms with Crippen LogP contribution in [0.2, 0.25) is 0 Å². The summed E-state index contributed by atoms with van der Waals surface area (Å²) in [5, 5.41) is 27.8. The van der Waals surface area contributed by atoms with Crippen molar-refractivity contribution in [3.63, 3.8) is 0 Å². The van der Waals surface area contributed by atoms with Crippen molar-refractivity contribution in [2.24, 2.45) is 0 Å². The molecule has 0 saturated heterocycles. The third-order valence-electron chi connectivity index (χ3n) is 1.93. The molecule has 3 N–H and O–H groups in total. The second-order valence-electron chi connectivity index (χ2n) is 3.02. The molecule has 1 rings (SSSR count). The number of aromatic hydroxyl groups is 1. The van der Waals surface area contributed by atoms with Crippen LogP contribution in [0.4, 0.5) is 8.78 Å². The topological polar surface area (TPSA) is 60.7 Å². The fraction of sp³-hybridized carbons (Fsp3) is 0.333. The smallest absolute Gasteiger partial charge is 0.168 e. The van der Waals surface area contributed by atoms with Crippen molar-refractivity contribution in [2.45, 2.75) is 12.2 Å². The maximum absolute atomic E-state index is 12.9. The minimum atomic E-state index is -1.58. The summed E-state index contributed by atoms with van der Waals surface area (Å²) in [7, 11) is 0. The maximum atomic E-state index is 12.9. The van der Waals surface area contributed by atoms with E-state index in [9.17, 15) is 24.1 Å². The van der Waals surface area contributed by atoms with Crippen LogP contribution in [-0.2, 0) is 0 Å². The zero-order valence-corrected chi connectivity index (χ0v) is 8.46. The van der Waals surface area contributed by atoms with Gasteiger partial charge in [0, 0.05) is 17.4 Å². The second-order valence-corrected chi connectivity index (χ2v) is 3.39. The lowest BCUT2D eigenvalue weighted by Gasteiger charge is -2.17. The van der Waals surface area contributed by atoms with Crippen molar-refractivity contribution in [1.82, 2.24) is 0 Å². The van der Waals surface area contributed by atoms with Gasteiger partial charge in [-0.2, -0.15) is 12.6 Å². The Labute approximate surface area is 90.4 Å². The fourth-order valence-corrected chi connectivity index (χ4v) is 1.32. The SMILES string of the molecule is Oc1c(F)cc(F)cc1C(O)C(O)CS. The lowest BCUT2D eigenvalue weighted by molar-refractivity contribution is 0.0317. The van der Waals surface area contributed by atoms with Crippen molar-refractivity contribution in [3.05, 3.63) is 29.3 Å². The number of phenols is 1. The summed E-state index contributed by atoms with van der Waals surface area (Å²) in [6.07, 6.45) is -2.88. The molecule has 1 aromatic carbocycles. The third kappa shape index (κ3) is 2.58. The first-order chi connectivity index (χ1) is 6.97. The first-order valence-electron chi connectivity index (χ1n) is 4.12. The number of rotatable bonds is 3. The van der Waals surface area contributed by atoms with E-state index in [2.05, 4.69) is 12.6 Å². The van der Waals surface area contributed by atoms with E-state index in [0.717, 1.165) is 6.07 Å². The monoisotopic (exact) mass is 236 g/mol. The number of aliphatic hydroxyl groups is 2. The van der Waals surface area contributed by atoms with Gasteiger partial charge in [0.05, 0.1) is 6.10 Å². The molecule has 15 heavy (non-hydrogen) atoms. The number of phenolic OH excluding ortho intramolecular Hbond substituents is 1. The van der Waals surface area contributed by atoms with E-state index in [0.29, 0.717) is 6.07 Å². The van der Waals surface area contributed by atoms with Gasteiger partial charge >= 0.3 is 0 Å². The summed E-state index contributed by atoms with van der Waals surface area (Å²) >= 11 is 3.71. The number of halogens is 2. The minimum Gasteiger partial charge on any atom is -0.505 e. The number of benzene rings is 1. The molecular weight excluding hydrogens is 226 g/mol. The summed E-state index contributed by atoms with van der Waals surface area (Å²) in [5.41, 5.74) is -0.394. The van der Waals surface area contributed by atoms with E-state index in [1.807, 2.05) is 0 Å². The van der Waals surface area contributed by atoms with Gasteiger partial charge in [0.2, 0.25) is 0 Å². The van der Waals surface area contributed by atoms with Gasteiger partial charge in [0.15, 0.2) is 11.6 Å². The van der Waals surface area contributed by atoms with Gasteiger partial charge in [0.1, 0.15) is 11.9 Å². The summed E-state index contributed by atoms with van der Waals surface area (Å²) in [4.78, 5) is 0. The predicted molar refractivity (Wildman–Crippen MR) is 52.8 cm³/mol. The normalized spacial score (nSPS) is 15.0. The Morgan fingerprint density at radius 2 is 1.87 bits per heavy atom. The van der Waals surface area contributed by atoms with Crippen molar-refractivity contribution < 1.29 is 24.1 Å². The Hall–Kier alpha value is -0.850. The highest BCUT2D eigenvalue weighted by Gasteiger charge is 2.23. The molecule has 0 amide bonds. The molecule has 0 aliphatic rings. The van der Waals surface area contributed by atoms with Crippen molar-refractivity contribution >= 4 is 12.6 Å². The van der Waals surface area contributed by atoms with E-state index < -0.39 is 35.2 Å². The quantitative estimate of drug-likeness (QED) is 0.592. The first-order valence-corrected chi connectivity index (χ1v) is 4.75. The average molecular weight is 236 g/mol. The summed E-state index contributed by atoms with van der Waals surface area (Å²) in [6, 6.07) is 1.24. The first kappa shape index (κ1) is 12.2. The molecule has 6 heteroatoms. The van der Waals surface area contributed by atoms with Crippen LogP contribution in [0.5, 0.6) is 5.75 Å². The molecule has 3 nitrogen and oxygen atoms in total. The van der Waals surface area contributed by atoms with Gasteiger partial charge in [-0.25, -0.2) is 8.78 Å². The van der Waals surface area contributed by atoms with Crippen LogP contribution >= 0.6 is 12.6 Å². The Kier molecular flexibility index (Phi) is 3.90. The number of aliphatic hydroxyl groups excluding tert-OH is 2. The van der Waals surface area contributed by atoms with Gasteiger partial charge in [-0.05, 0) is 6.07 Å². The Morgan fingerprint density at radius 1 is 1.27 bits per heavy atom. The van der Waals surface area contributed by atoms with E-state index in [4.69, 9.17) is 0 Å². The molecular formula is C9H10F2O3S. The summed E-state index contributed by atoms with van der Waals surface area (Å²) in [5.74, 6) is -3.09. The third-order valence-corrected chi connectivity index (χ3v) is 2.30. The van der Waals surface area contributed by atoms with Crippen molar-refractivity contribution in [2.75, 3.05) is 5.75 Å². The molecule has 0 aliphatic heterocycles. The van der Waals surface area contributed by atoms with Crippen LogP contribution in [0.1, 0.15) is 11.7 Å². The van der Waals surface area contributed by atoms with E-state index >= 15 is 0 Å². The molecule has 0 aliphatic carbocycles. The number of hydrogen-bond donors (Lipinski definition) is 4. The van der Waals surface area contributed by atoms with Gasteiger partial charge in [-0.1, -0.05) is 0 Å². The maximum Gasteiger partial charge on any atom is 0.168 e. The molecule has 0 spiro atoms. The highest BCUT2D eigenvalue weighted by molar-refractivity contribution is 7.80. The lowest BCUT2D eigenvalue weighted by atomic mass is 10.0. The average Bonchev–Trinajstić information content (AvgIpc) is 2.21. The van der Waals surface area contributed by atoms with Gasteiger partial charge in [-0.3, -0.25) is 0 Å². The van der Waals surface area contributed by atoms with Crippen LogP contribution in [0, 0.1) is 11.6 Å². The highest BCUT2D eigenvalue weighted by atomic mass is 32.1. The Morgan fingerprint density at radius 3 is 2.40 bits per heavy atom. The largest absolute Gasteiger partial charge is 0.505 e. The van der Waals surface area contributed by atoms with Crippen LogP contribution in [0.25, 0.3) is 0 Å². The standard InChI is InChI=1S/C9H10F2O3S/c10-4-1-5(8(13)6(11)2-4)9(14)7(12)3-15/h1-2,7,9,12-15H,3H2. The van der Waals surface area contributed by atoms with E-state index in [1.165, 1.54) is 0 Å². The lowest BCUT2D eigenvalue weighted by Crippen LogP contribution is -2.20. The zero-order valence-electron chi connectivity index (χ0n) is 7.56. The van der Waals surface area contributed by atoms with Gasteiger partial charge < -0.3 is 15.3 Å². The molecule has 0 heterocycles. The molecule has 0 radical (unpaired) electrons. The van der Waals surface area contributed by atoms with Crippen molar-refractivity contribution in [3.8, 4) is 5.75 Å². The van der Waals surface area contributed by atoms with Crippen LogP contribution in [0.15, 0.2) is 12.1 Å². The van der Waals surface area contributed by atoms with Crippen LogP contribution in [-0.4, -0.2) is 27.2 Å². The summed E-state index contributed by atoms with van der Waals surface area (Å²) < 4.78 is 25.6. The Balaban J connectivity index is 3.13. The molecule has 0 fully saturated rings. The van der Waals surface area contributed by atoms with Gasteiger partial charge in [-0.15, -0.1) is 0 Å². The zero-order chi connectivity index (χ0) is 11.6. The van der Waals surface area contributed by atoms with Crippen LogP contribution < -0.4 is 0 Å². The number of thiol groups is 1. The number of hydrogen-bond acceptors (Lipinski definition) is 4. The van der Waals surface area contributed by atoms with E-state index in [1.54, 1.807) is 0 Å². The molecule has 1 aromatic rings.